The molecule has 2 aliphatic rings. The second-order valence-electron chi connectivity index (χ2n) is 9.00. The van der Waals surface area contributed by atoms with Crippen molar-refractivity contribution in [3.05, 3.63) is 59.7 Å². The highest BCUT2D eigenvalue weighted by atomic mass is 32.2. The van der Waals surface area contributed by atoms with E-state index in [1.165, 1.54) is 19.1 Å². The van der Waals surface area contributed by atoms with Gasteiger partial charge >= 0.3 is 0 Å². The largest absolute Gasteiger partial charge is 0.384 e. The minimum absolute atomic E-state index is 0.332. The molecule has 2 aromatic rings. The van der Waals surface area contributed by atoms with Gasteiger partial charge < -0.3 is 10.0 Å². The van der Waals surface area contributed by atoms with Gasteiger partial charge in [-0.25, -0.2) is 21.9 Å². The van der Waals surface area contributed by atoms with Gasteiger partial charge in [0.15, 0.2) is 0 Å². The molecule has 1 spiro atoms. The van der Waals surface area contributed by atoms with Crippen LogP contribution in [0.5, 0.6) is 0 Å². The second-order valence-corrected chi connectivity index (χ2v) is 10.8. The lowest BCUT2D eigenvalue weighted by molar-refractivity contribution is -0.140. The summed E-state index contributed by atoms with van der Waals surface area (Å²) < 4.78 is 54.3. The normalized spacial score (nSPS) is 22.8. The molecule has 0 radical (unpaired) electrons. The summed E-state index contributed by atoms with van der Waals surface area (Å²) in [5, 5.41) is 9.92. The number of sulfonamides is 1. The smallest absolute Gasteiger partial charge is 0.251 e. The fraction of sp³-hybridized carbons (Fsp3) is 0.435. The number of carbonyl (C=O) groups is 1. The summed E-state index contributed by atoms with van der Waals surface area (Å²) in [4.78, 5) is 14.3. The lowest BCUT2D eigenvalue weighted by atomic mass is 9.91. The molecule has 0 aromatic heterocycles. The first-order chi connectivity index (χ1) is 15.0. The molecule has 1 aliphatic heterocycles. The SMILES string of the molecule is CC(O)C(=O)N1CC2(CC2)C(NS(C)(=O)=O)C1Cc1cccc(-c2cc(F)cc(F)c2)c1. The zero-order valence-corrected chi connectivity index (χ0v) is 18.7. The van der Waals surface area contributed by atoms with Crippen LogP contribution in [0.15, 0.2) is 42.5 Å². The van der Waals surface area contributed by atoms with Crippen molar-refractivity contribution < 1.29 is 27.1 Å². The Balaban J connectivity index is 1.68. The number of likely N-dealkylation sites (tertiary alicyclic amines) is 1. The fourth-order valence-electron chi connectivity index (χ4n) is 4.76. The van der Waals surface area contributed by atoms with Crippen molar-refractivity contribution in [3.8, 4) is 11.1 Å². The van der Waals surface area contributed by atoms with Crippen molar-refractivity contribution in [1.29, 1.82) is 0 Å². The maximum atomic E-state index is 13.7. The molecule has 9 heteroatoms. The van der Waals surface area contributed by atoms with Gasteiger partial charge in [0.05, 0.1) is 12.3 Å². The van der Waals surface area contributed by atoms with Crippen LogP contribution in [-0.4, -0.2) is 55.3 Å². The van der Waals surface area contributed by atoms with Gasteiger partial charge in [0.1, 0.15) is 17.7 Å². The molecule has 1 aliphatic carbocycles. The molecule has 3 unspecified atom stereocenters. The van der Waals surface area contributed by atoms with Crippen LogP contribution < -0.4 is 4.72 Å². The molecule has 1 heterocycles. The first kappa shape index (κ1) is 22.8. The Hall–Kier alpha value is -2.36. The standard InChI is InChI=1S/C23H26F2N2O4S/c1-14(28)22(29)27-13-23(6-7-23)21(26-32(2,30)31)20(27)9-15-4-3-5-16(8-15)17-10-18(24)12-19(25)11-17/h3-5,8,10-12,14,20-21,26,28H,6-7,9,13H2,1-2H3. The molecule has 1 saturated heterocycles. The lowest BCUT2D eigenvalue weighted by Crippen LogP contribution is -2.50. The van der Waals surface area contributed by atoms with Gasteiger partial charge in [-0.1, -0.05) is 24.3 Å². The van der Waals surface area contributed by atoms with Gasteiger partial charge in [-0.3, -0.25) is 4.79 Å². The summed E-state index contributed by atoms with van der Waals surface area (Å²) in [5.74, 6) is -1.80. The Morgan fingerprint density at radius 2 is 1.84 bits per heavy atom. The van der Waals surface area contributed by atoms with Gasteiger partial charge in [-0.2, -0.15) is 0 Å². The van der Waals surface area contributed by atoms with Crippen LogP contribution in [0.1, 0.15) is 25.3 Å². The molecular weight excluding hydrogens is 438 g/mol. The molecular formula is C23H26F2N2O4S. The van der Waals surface area contributed by atoms with Crippen LogP contribution in [0, 0.1) is 17.0 Å². The van der Waals surface area contributed by atoms with E-state index in [0.29, 0.717) is 24.1 Å². The maximum absolute atomic E-state index is 13.7. The zero-order chi connectivity index (χ0) is 23.3. The maximum Gasteiger partial charge on any atom is 0.251 e. The number of aliphatic hydroxyl groups excluding tert-OH is 1. The summed E-state index contributed by atoms with van der Waals surface area (Å²) in [6.45, 7) is 1.78. The summed E-state index contributed by atoms with van der Waals surface area (Å²) in [6.07, 6.45) is 1.82. The number of aliphatic hydroxyl groups is 1. The number of hydrogen-bond acceptors (Lipinski definition) is 4. The molecule has 2 N–H and O–H groups in total. The Morgan fingerprint density at radius 1 is 1.19 bits per heavy atom. The van der Waals surface area contributed by atoms with Crippen LogP contribution >= 0.6 is 0 Å². The van der Waals surface area contributed by atoms with E-state index in [0.717, 1.165) is 30.7 Å². The third-order valence-electron chi connectivity index (χ3n) is 6.37. The number of nitrogens with one attached hydrogen (secondary N) is 1. The Bertz CT molecular complexity index is 1130. The zero-order valence-electron chi connectivity index (χ0n) is 17.9. The topological polar surface area (TPSA) is 86.7 Å². The molecule has 2 aromatic carbocycles. The van der Waals surface area contributed by atoms with Gasteiger partial charge in [-0.05, 0) is 55.0 Å². The van der Waals surface area contributed by atoms with E-state index < -0.39 is 45.8 Å². The molecule has 3 atom stereocenters. The van der Waals surface area contributed by atoms with Gasteiger partial charge in [0.2, 0.25) is 10.0 Å². The highest BCUT2D eigenvalue weighted by Gasteiger charge is 2.61. The van der Waals surface area contributed by atoms with Gasteiger partial charge in [0.25, 0.3) is 5.91 Å². The molecule has 4 rings (SSSR count). The van der Waals surface area contributed by atoms with E-state index in [2.05, 4.69) is 4.72 Å². The Morgan fingerprint density at radius 3 is 2.41 bits per heavy atom. The van der Waals surface area contributed by atoms with Crippen molar-refractivity contribution in [2.75, 3.05) is 12.8 Å². The van der Waals surface area contributed by atoms with Crippen LogP contribution in [0.3, 0.4) is 0 Å². The number of hydrogen-bond donors (Lipinski definition) is 2. The van der Waals surface area contributed by atoms with E-state index >= 15 is 0 Å². The van der Waals surface area contributed by atoms with Crippen molar-refractivity contribution in [2.24, 2.45) is 5.41 Å². The molecule has 0 bridgehead atoms. The molecule has 2 fully saturated rings. The van der Waals surface area contributed by atoms with Crippen LogP contribution in [0.25, 0.3) is 11.1 Å². The quantitative estimate of drug-likeness (QED) is 0.688. The highest BCUT2D eigenvalue weighted by molar-refractivity contribution is 7.88. The fourth-order valence-corrected chi connectivity index (χ4v) is 5.62. The van der Waals surface area contributed by atoms with Crippen LogP contribution in [-0.2, 0) is 21.2 Å². The van der Waals surface area contributed by atoms with Crippen molar-refractivity contribution in [2.45, 2.75) is 44.4 Å². The van der Waals surface area contributed by atoms with Crippen molar-refractivity contribution in [1.82, 2.24) is 9.62 Å². The number of carbonyl (C=O) groups excluding carboxylic acids is 1. The Labute approximate surface area is 186 Å². The molecule has 1 amide bonds. The van der Waals surface area contributed by atoms with Crippen molar-refractivity contribution in [3.63, 3.8) is 0 Å². The monoisotopic (exact) mass is 464 g/mol. The average molecular weight is 465 g/mol. The number of halogens is 2. The van der Waals surface area contributed by atoms with E-state index in [4.69, 9.17) is 0 Å². The Kier molecular flexibility index (Phi) is 5.85. The minimum Gasteiger partial charge on any atom is -0.384 e. The molecule has 32 heavy (non-hydrogen) atoms. The van der Waals surface area contributed by atoms with E-state index in [9.17, 15) is 27.1 Å². The predicted octanol–water partition coefficient (Wildman–Crippen LogP) is 2.46. The number of nitrogens with zero attached hydrogens (tertiary/aromatic N) is 1. The molecule has 6 nitrogen and oxygen atoms in total. The summed E-state index contributed by atoms with van der Waals surface area (Å²) in [7, 11) is -3.53. The third-order valence-corrected chi connectivity index (χ3v) is 7.05. The first-order valence-electron chi connectivity index (χ1n) is 10.5. The second kappa shape index (κ2) is 8.20. The van der Waals surface area contributed by atoms with Gasteiger partial charge in [-0.15, -0.1) is 0 Å². The van der Waals surface area contributed by atoms with E-state index in [1.807, 2.05) is 6.07 Å². The average Bonchev–Trinajstić information content (AvgIpc) is 3.42. The van der Waals surface area contributed by atoms with Crippen LogP contribution in [0.2, 0.25) is 0 Å². The summed E-state index contributed by atoms with van der Waals surface area (Å²) in [5.41, 5.74) is 1.46. The van der Waals surface area contributed by atoms with Crippen LogP contribution in [0.4, 0.5) is 8.78 Å². The lowest BCUT2D eigenvalue weighted by Gasteiger charge is -2.30. The number of rotatable bonds is 6. The minimum atomic E-state index is -3.53. The molecule has 172 valence electrons. The number of benzene rings is 2. The highest BCUT2D eigenvalue weighted by Crippen LogP contribution is 2.55. The first-order valence-corrected chi connectivity index (χ1v) is 12.4. The predicted molar refractivity (Wildman–Crippen MR) is 116 cm³/mol. The van der Waals surface area contributed by atoms with Gasteiger partial charge in [0, 0.05) is 24.1 Å². The van der Waals surface area contributed by atoms with Crippen molar-refractivity contribution >= 4 is 15.9 Å². The summed E-state index contributed by atoms with van der Waals surface area (Å²) in [6, 6.07) is 9.44. The summed E-state index contributed by atoms with van der Waals surface area (Å²) >= 11 is 0. The molecule has 1 saturated carbocycles. The van der Waals surface area contributed by atoms with E-state index in [-0.39, 0.29) is 5.41 Å². The third kappa shape index (κ3) is 4.69. The van der Waals surface area contributed by atoms with E-state index in [1.54, 1.807) is 23.1 Å². The number of amides is 1.